The fourth-order valence-corrected chi connectivity index (χ4v) is 4.54. The molecule has 4 rings (SSSR count). The summed E-state index contributed by atoms with van der Waals surface area (Å²) in [6, 6.07) is 9.75. The molecule has 0 fully saturated rings. The summed E-state index contributed by atoms with van der Waals surface area (Å²) in [4.78, 5) is 29.2. The lowest BCUT2D eigenvalue weighted by Crippen LogP contribution is -2.43. The van der Waals surface area contributed by atoms with Crippen molar-refractivity contribution in [3.8, 4) is 0 Å². The molecule has 0 unspecified atom stereocenters. The third kappa shape index (κ3) is 6.40. The molecule has 0 aromatic heterocycles. The minimum absolute atomic E-state index is 0.0641. The van der Waals surface area contributed by atoms with Gasteiger partial charge in [0.2, 0.25) is 5.91 Å². The zero-order valence-electron chi connectivity index (χ0n) is 20.8. The molecule has 0 bridgehead atoms. The van der Waals surface area contributed by atoms with Crippen LogP contribution in [0.4, 0.5) is 39.5 Å². The van der Waals surface area contributed by atoms with Gasteiger partial charge in [0.1, 0.15) is 6.54 Å². The van der Waals surface area contributed by atoms with Crippen LogP contribution >= 0.6 is 11.6 Å². The average molecular weight is 626 g/mol. The number of carbonyl (C=O) groups is 2. The van der Waals surface area contributed by atoms with Gasteiger partial charge in [0.15, 0.2) is 0 Å². The summed E-state index contributed by atoms with van der Waals surface area (Å²) >= 11 is 5.73. The van der Waals surface area contributed by atoms with Gasteiger partial charge in [-0.25, -0.2) is 0 Å². The van der Waals surface area contributed by atoms with Crippen LogP contribution in [-0.2, 0) is 21.4 Å². The van der Waals surface area contributed by atoms with Gasteiger partial charge in [0.25, 0.3) is 11.5 Å². The van der Waals surface area contributed by atoms with Crippen molar-refractivity contribution in [2.24, 2.45) is 5.16 Å². The minimum Gasteiger partial charge on any atom is -0.374 e. The quantitative estimate of drug-likeness (QED) is 0.307. The van der Waals surface area contributed by atoms with Crippen molar-refractivity contribution in [3.63, 3.8) is 0 Å². The monoisotopic (exact) mass is 625 g/mol. The number of alkyl halides is 9. The molecule has 0 radical (unpaired) electrons. The lowest BCUT2D eigenvalue weighted by atomic mass is 9.84. The van der Waals surface area contributed by atoms with E-state index < -0.39 is 71.6 Å². The molecule has 1 aliphatic heterocycles. The van der Waals surface area contributed by atoms with Gasteiger partial charge < -0.3 is 15.5 Å². The maximum absolute atomic E-state index is 14.4. The van der Waals surface area contributed by atoms with Gasteiger partial charge in [-0.2, -0.15) is 39.5 Å². The third-order valence-electron chi connectivity index (χ3n) is 6.25. The highest BCUT2D eigenvalue weighted by Gasteiger charge is 2.62. The fraction of sp³-hybridized carbons (Fsp3) is 0.269. The maximum Gasteiger partial charge on any atom is 0.435 e. The Morgan fingerprint density at radius 2 is 1.57 bits per heavy atom. The smallest absolute Gasteiger partial charge is 0.374 e. The number of oxime groups is 1. The first-order chi connectivity index (χ1) is 19.4. The van der Waals surface area contributed by atoms with Crippen molar-refractivity contribution in [2.75, 3.05) is 13.1 Å². The van der Waals surface area contributed by atoms with Gasteiger partial charge in [-0.15, -0.1) is 0 Å². The van der Waals surface area contributed by atoms with Gasteiger partial charge in [-0.05, 0) is 35.0 Å². The van der Waals surface area contributed by atoms with Crippen molar-refractivity contribution >= 4 is 39.9 Å². The Balaban J connectivity index is 1.65. The van der Waals surface area contributed by atoms with E-state index in [-0.39, 0.29) is 33.7 Å². The van der Waals surface area contributed by atoms with E-state index in [0.29, 0.717) is 12.1 Å². The normalized spacial score (nSPS) is 17.5. The first kappa shape index (κ1) is 30.9. The zero-order valence-corrected chi connectivity index (χ0v) is 21.5. The van der Waals surface area contributed by atoms with E-state index in [1.165, 1.54) is 36.4 Å². The van der Waals surface area contributed by atoms with Crippen LogP contribution in [0.5, 0.6) is 0 Å². The molecule has 6 nitrogen and oxygen atoms in total. The number of nitrogens with one attached hydrogen (secondary N) is 2. The van der Waals surface area contributed by atoms with Gasteiger partial charge in [-0.1, -0.05) is 47.1 Å². The van der Waals surface area contributed by atoms with Crippen LogP contribution in [0.15, 0.2) is 59.8 Å². The van der Waals surface area contributed by atoms with E-state index in [4.69, 9.17) is 16.4 Å². The number of fused-ring (bicyclic) bond motifs is 1. The summed E-state index contributed by atoms with van der Waals surface area (Å²) in [5, 5.41) is 7.11. The molecule has 1 aliphatic rings. The second-order valence-electron chi connectivity index (χ2n) is 9.14. The van der Waals surface area contributed by atoms with Crippen LogP contribution in [0, 0.1) is 0 Å². The van der Waals surface area contributed by atoms with Crippen LogP contribution in [0.25, 0.3) is 10.8 Å². The molecule has 224 valence electrons. The molecule has 2 N–H and O–H groups in total. The second-order valence-corrected chi connectivity index (χ2v) is 9.57. The summed E-state index contributed by atoms with van der Waals surface area (Å²) in [5.41, 5.74) is -5.95. The molecule has 1 heterocycles. The number of benzene rings is 3. The van der Waals surface area contributed by atoms with Gasteiger partial charge in [-0.3, -0.25) is 9.59 Å². The molecule has 0 spiro atoms. The number of hydrogen-bond acceptors (Lipinski definition) is 4. The van der Waals surface area contributed by atoms with E-state index in [9.17, 15) is 49.1 Å². The molecule has 16 heteroatoms. The Labute approximate surface area is 235 Å². The first-order valence-corrected chi connectivity index (χ1v) is 12.1. The second kappa shape index (κ2) is 11.0. The van der Waals surface area contributed by atoms with Gasteiger partial charge in [0, 0.05) is 28.1 Å². The highest BCUT2D eigenvalue weighted by Crippen LogP contribution is 2.50. The highest BCUT2D eigenvalue weighted by atomic mass is 35.5. The lowest BCUT2D eigenvalue weighted by molar-refractivity contribution is -0.276. The molecule has 2 amide bonds. The Morgan fingerprint density at radius 3 is 2.19 bits per heavy atom. The van der Waals surface area contributed by atoms with E-state index in [0.717, 1.165) is 0 Å². The molecule has 42 heavy (non-hydrogen) atoms. The van der Waals surface area contributed by atoms with Crippen molar-refractivity contribution < 1.29 is 53.9 Å². The largest absolute Gasteiger partial charge is 0.435 e. The summed E-state index contributed by atoms with van der Waals surface area (Å²) in [7, 11) is 0. The Hall–Kier alpha value is -4.01. The van der Waals surface area contributed by atoms with Crippen LogP contribution in [-0.4, -0.2) is 43.0 Å². The number of nitrogens with zero attached hydrogens (tertiary/aromatic N) is 1. The van der Waals surface area contributed by atoms with Crippen LogP contribution in [0.2, 0.25) is 5.02 Å². The zero-order chi connectivity index (χ0) is 31.1. The number of halogens is 10. The van der Waals surface area contributed by atoms with E-state index >= 15 is 0 Å². The Kier molecular flexibility index (Phi) is 8.10. The minimum atomic E-state index is -5.24. The van der Waals surface area contributed by atoms with Crippen LogP contribution < -0.4 is 10.6 Å². The molecular formula is C26H17ClF9N3O3. The standard InChI is InChI=1S/C26H17ClF9N3O3/c27-15-8-13(7-14(9-15)25(31,32)33)23(26(34,35)36)10-20(39-42-23)18-5-6-19(17-4-2-1-3-16(17)18)22(41)37-11-21(40)38-12-24(28,29)30/h1-9H,10-12H2,(H,37,41)(H,38,40)/t23-/m0/s1. The lowest BCUT2D eigenvalue weighted by Gasteiger charge is -2.30. The summed E-state index contributed by atoms with van der Waals surface area (Å²) in [6.07, 6.45) is -15.9. The number of amides is 2. The molecule has 3 aromatic carbocycles. The molecular weight excluding hydrogens is 609 g/mol. The van der Waals surface area contributed by atoms with Crippen molar-refractivity contribution in [1.82, 2.24) is 10.6 Å². The molecule has 1 atom stereocenters. The van der Waals surface area contributed by atoms with Crippen molar-refractivity contribution in [1.29, 1.82) is 0 Å². The molecule has 3 aromatic rings. The van der Waals surface area contributed by atoms with Gasteiger partial charge in [0.05, 0.1) is 17.8 Å². The Bertz CT molecular complexity index is 1570. The predicted molar refractivity (Wildman–Crippen MR) is 132 cm³/mol. The summed E-state index contributed by atoms with van der Waals surface area (Å²) < 4.78 is 120. The van der Waals surface area contributed by atoms with E-state index in [1.54, 1.807) is 5.32 Å². The fourth-order valence-electron chi connectivity index (χ4n) is 4.30. The summed E-state index contributed by atoms with van der Waals surface area (Å²) in [6.45, 7) is -2.39. The van der Waals surface area contributed by atoms with E-state index in [1.807, 2.05) is 0 Å². The van der Waals surface area contributed by atoms with Crippen LogP contribution in [0.1, 0.15) is 33.5 Å². The van der Waals surface area contributed by atoms with Crippen molar-refractivity contribution in [3.05, 3.63) is 81.9 Å². The predicted octanol–water partition coefficient (Wildman–Crippen LogP) is 6.50. The molecule has 0 saturated carbocycles. The van der Waals surface area contributed by atoms with Gasteiger partial charge >= 0.3 is 18.5 Å². The van der Waals surface area contributed by atoms with E-state index in [2.05, 4.69) is 10.5 Å². The molecule has 0 aliphatic carbocycles. The topological polar surface area (TPSA) is 79.8 Å². The summed E-state index contributed by atoms with van der Waals surface area (Å²) in [5.74, 6) is -1.98. The SMILES string of the molecule is O=C(CNC(=O)c1ccc(C2=NO[C@@](c3cc(Cl)cc(C(F)(F)F)c3)(C(F)(F)F)C2)c2ccccc12)NCC(F)(F)F. The Morgan fingerprint density at radius 1 is 0.905 bits per heavy atom. The number of carbonyl (C=O) groups excluding carboxylic acids is 2. The molecule has 0 saturated heterocycles. The highest BCUT2D eigenvalue weighted by molar-refractivity contribution is 6.30. The number of rotatable bonds is 6. The van der Waals surface area contributed by atoms with Crippen LogP contribution in [0.3, 0.4) is 0 Å². The maximum atomic E-state index is 14.4. The van der Waals surface area contributed by atoms with Crippen molar-refractivity contribution in [2.45, 2.75) is 30.6 Å². The number of hydrogen-bond donors (Lipinski definition) is 2. The third-order valence-corrected chi connectivity index (χ3v) is 6.47. The first-order valence-electron chi connectivity index (χ1n) is 11.7. The average Bonchev–Trinajstić information content (AvgIpc) is 3.36.